The fraction of sp³-hybridized carbons (Fsp3) is 0.312. The van der Waals surface area contributed by atoms with Gasteiger partial charge in [0, 0.05) is 55.7 Å². The number of carbonyl (C=O) groups excluding carboxylic acids is 2. The molecule has 0 aliphatic carbocycles. The van der Waals surface area contributed by atoms with Crippen LogP contribution in [0.3, 0.4) is 0 Å². The minimum Gasteiger partial charge on any atom is -0.455 e. The van der Waals surface area contributed by atoms with Crippen molar-refractivity contribution >= 4 is 38.5 Å². The molecule has 1 saturated heterocycles. The van der Waals surface area contributed by atoms with Crippen molar-refractivity contribution in [3.05, 3.63) is 77.9 Å². The Morgan fingerprint density at radius 1 is 1.02 bits per heavy atom. The summed E-state index contributed by atoms with van der Waals surface area (Å²) in [5, 5.41) is 3.33. The largest absolute Gasteiger partial charge is 0.455 e. The predicted octanol–water partition coefficient (Wildman–Crippen LogP) is 5.60. The van der Waals surface area contributed by atoms with E-state index in [1.54, 1.807) is 13.1 Å². The highest BCUT2D eigenvalue weighted by Crippen LogP contribution is 2.41. The zero-order valence-electron chi connectivity index (χ0n) is 23.6. The van der Waals surface area contributed by atoms with E-state index in [1.807, 2.05) is 72.5 Å². The fourth-order valence-corrected chi connectivity index (χ4v) is 6.38. The third kappa shape index (κ3) is 6.00. The first-order valence-corrected chi connectivity index (χ1v) is 15.7. The Hall–Kier alpha value is -4.11. The highest BCUT2D eigenvalue weighted by Gasteiger charge is 2.27. The van der Waals surface area contributed by atoms with Crippen LogP contribution in [0.4, 0.5) is 5.69 Å². The third-order valence-electron chi connectivity index (χ3n) is 7.54. The number of hydrogen-bond acceptors (Lipinski definition) is 5. The first-order valence-electron chi connectivity index (χ1n) is 13.9. The van der Waals surface area contributed by atoms with Crippen molar-refractivity contribution in [3.8, 4) is 22.5 Å². The van der Waals surface area contributed by atoms with Gasteiger partial charge in [0.25, 0.3) is 5.91 Å². The van der Waals surface area contributed by atoms with E-state index < -0.39 is 10.0 Å². The molecule has 8 nitrogen and oxygen atoms in total. The second-order valence-corrected chi connectivity index (χ2v) is 12.4. The Kier molecular flexibility index (Phi) is 8.17. The predicted molar refractivity (Wildman–Crippen MR) is 162 cm³/mol. The molecule has 5 rings (SSSR count). The second-order valence-electron chi connectivity index (χ2n) is 10.5. The Balaban J connectivity index is 1.62. The van der Waals surface area contributed by atoms with E-state index in [4.69, 9.17) is 4.42 Å². The molecule has 4 aromatic rings. The molecule has 214 valence electrons. The van der Waals surface area contributed by atoms with Gasteiger partial charge in [0.1, 0.15) is 11.3 Å². The number of carbonyl (C=O) groups is 2. The van der Waals surface area contributed by atoms with E-state index in [-0.39, 0.29) is 18.4 Å². The van der Waals surface area contributed by atoms with Crippen LogP contribution in [0.5, 0.6) is 0 Å². The van der Waals surface area contributed by atoms with Gasteiger partial charge in [0.05, 0.1) is 17.5 Å². The number of nitrogens with zero attached hydrogens (tertiary/aromatic N) is 2. The number of rotatable bonds is 10. The van der Waals surface area contributed by atoms with E-state index in [0.717, 1.165) is 29.7 Å². The zero-order valence-corrected chi connectivity index (χ0v) is 24.5. The molecule has 3 aromatic carbocycles. The van der Waals surface area contributed by atoms with Crippen molar-refractivity contribution in [2.75, 3.05) is 37.2 Å². The standard InChI is InChI=1S/C32H35N3O5S/c1-22-13-15-24(16-14-22)31-30(32(37)33-2)26-20-25(23-10-5-4-6-11-23)27(21-28(26)40-31)35(41(3,38)39)19-8-7-17-34-18-9-12-29(34)36/h4-6,10-11,13-16,20-21H,7-9,12,17-19H2,1-3H3,(H,33,37). The molecular formula is C32H35N3O5S. The third-order valence-corrected chi connectivity index (χ3v) is 8.72. The van der Waals surface area contributed by atoms with Crippen molar-refractivity contribution in [1.29, 1.82) is 0 Å². The number of anilines is 1. The van der Waals surface area contributed by atoms with Gasteiger partial charge in [-0.1, -0.05) is 60.2 Å². The Morgan fingerprint density at radius 3 is 2.39 bits per heavy atom. The first kappa shape index (κ1) is 28.4. The highest BCUT2D eigenvalue weighted by molar-refractivity contribution is 7.92. The van der Waals surface area contributed by atoms with Gasteiger partial charge in [-0.2, -0.15) is 0 Å². The van der Waals surface area contributed by atoms with E-state index >= 15 is 0 Å². The smallest absolute Gasteiger partial charge is 0.255 e. The lowest BCUT2D eigenvalue weighted by Crippen LogP contribution is -2.32. The van der Waals surface area contributed by atoms with Crippen molar-refractivity contribution in [2.45, 2.75) is 32.6 Å². The molecule has 1 fully saturated rings. The molecule has 1 aliphatic rings. The maximum absolute atomic E-state index is 13.2. The molecule has 0 saturated carbocycles. The van der Waals surface area contributed by atoms with Gasteiger partial charge in [-0.15, -0.1) is 0 Å². The number of unbranched alkanes of at least 4 members (excludes halogenated alkanes) is 1. The lowest BCUT2D eigenvalue weighted by atomic mass is 9.98. The number of benzene rings is 3. The summed E-state index contributed by atoms with van der Waals surface area (Å²) in [5.41, 5.74) is 4.64. The number of nitrogens with one attached hydrogen (secondary N) is 1. The number of amides is 2. The minimum atomic E-state index is -3.68. The lowest BCUT2D eigenvalue weighted by molar-refractivity contribution is -0.127. The quantitative estimate of drug-likeness (QED) is 0.249. The number of likely N-dealkylation sites (tertiary alicyclic amines) is 1. The summed E-state index contributed by atoms with van der Waals surface area (Å²) in [7, 11) is -2.10. The van der Waals surface area contributed by atoms with E-state index in [9.17, 15) is 18.0 Å². The van der Waals surface area contributed by atoms with Crippen LogP contribution in [0.25, 0.3) is 33.4 Å². The SMILES string of the molecule is CNC(=O)c1c(-c2ccc(C)cc2)oc2cc(N(CCCCN3CCCC3=O)S(C)(=O)=O)c(-c3ccccc3)cc12. The van der Waals surface area contributed by atoms with Crippen molar-refractivity contribution in [1.82, 2.24) is 10.2 Å². The van der Waals surface area contributed by atoms with E-state index in [1.165, 1.54) is 10.6 Å². The molecular weight excluding hydrogens is 538 g/mol. The van der Waals surface area contributed by atoms with Crippen molar-refractivity contribution in [3.63, 3.8) is 0 Å². The van der Waals surface area contributed by atoms with Crippen LogP contribution >= 0.6 is 0 Å². The average molecular weight is 574 g/mol. The maximum Gasteiger partial charge on any atom is 0.255 e. The molecule has 0 atom stereocenters. The normalized spacial score (nSPS) is 13.6. The molecule has 0 radical (unpaired) electrons. The van der Waals surface area contributed by atoms with E-state index in [2.05, 4.69) is 5.32 Å². The molecule has 0 bridgehead atoms. The Morgan fingerprint density at radius 2 is 1.76 bits per heavy atom. The summed E-state index contributed by atoms with van der Waals surface area (Å²) in [5.74, 6) is 0.301. The summed E-state index contributed by atoms with van der Waals surface area (Å²) in [6.07, 6.45) is 3.94. The number of sulfonamides is 1. The number of aryl methyl sites for hydroxylation is 1. The number of hydrogen-bond donors (Lipinski definition) is 1. The summed E-state index contributed by atoms with van der Waals surface area (Å²) in [6.45, 7) is 3.62. The summed E-state index contributed by atoms with van der Waals surface area (Å²) < 4.78 is 34.1. The molecule has 0 spiro atoms. The molecule has 1 aromatic heterocycles. The lowest BCUT2D eigenvalue weighted by Gasteiger charge is -2.26. The Labute approximate surface area is 241 Å². The van der Waals surface area contributed by atoms with Gasteiger partial charge in [0.15, 0.2) is 0 Å². The summed E-state index contributed by atoms with van der Waals surface area (Å²) >= 11 is 0. The summed E-state index contributed by atoms with van der Waals surface area (Å²) in [4.78, 5) is 27.0. The van der Waals surface area contributed by atoms with Crippen LogP contribution in [-0.2, 0) is 14.8 Å². The van der Waals surface area contributed by atoms with Gasteiger partial charge in [-0.25, -0.2) is 8.42 Å². The maximum atomic E-state index is 13.2. The van der Waals surface area contributed by atoms with Crippen LogP contribution in [0, 0.1) is 6.92 Å². The van der Waals surface area contributed by atoms with Crippen LogP contribution < -0.4 is 9.62 Å². The molecule has 0 unspecified atom stereocenters. The zero-order chi connectivity index (χ0) is 29.1. The average Bonchev–Trinajstić information content (AvgIpc) is 3.54. The van der Waals surface area contributed by atoms with Gasteiger partial charge in [-0.05, 0) is 37.8 Å². The highest BCUT2D eigenvalue weighted by atomic mass is 32.2. The van der Waals surface area contributed by atoms with Crippen LogP contribution in [0.1, 0.15) is 41.6 Å². The van der Waals surface area contributed by atoms with Crippen LogP contribution in [-0.4, -0.2) is 58.1 Å². The number of fused-ring (bicyclic) bond motifs is 1. The molecule has 1 aliphatic heterocycles. The molecule has 1 N–H and O–H groups in total. The van der Waals surface area contributed by atoms with Crippen molar-refractivity contribution < 1.29 is 22.4 Å². The van der Waals surface area contributed by atoms with Crippen LogP contribution in [0.2, 0.25) is 0 Å². The fourth-order valence-electron chi connectivity index (χ4n) is 5.41. The second kappa shape index (κ2) is 11.8. The summed E-state index contributed by atoms with van der Waals surface area (Å²) in [6, 6.07) is 20.9. The van der Waals surface area contributed by atoms with Crippen molar-refractivity contribution in [2.24, 2.45) is 0 Å². The monoisotopic (exact) mass is 573 g/mol. The Bertz CT molecular complexity index is 1680. The molecule has 9 heteroatoms. The molecule has 2 amide bonds. The van der Waals surface area contributed by atoms with Gasteiger partial charge < -0.3 is 14.6 Å². The first-order chi connectivity index (χ1) is 19.7. The minimum absolute atomic E-state index is 0.163. The molecule has 41 heavy (non-hydrogen) atoms. The number of furan rings is 1. The molecule has 2 heterocycles. The van der Waals surface area contributed by atoms with Gasteiger partial charge >= 0.3 is 0 Å². The van der Waals surface area contributed by atoms with Crippen LogP contribution in [0.15, 0.2) is 71.1 Å². The van der Waals surface area contributed by atoms with Gasteiger partial charge in [0.2, 0.25) is 15.9 Å². The van der Waals surface area contributed by atoms with Gasteiger partial charge in [-0.3, -0.25) is 13.9 Å². The van der Waals surface area contributed by atoms with E-state index in [0.29, 0.717) is 59.4 Å². The topological polar surface area (TPSA) is 99.9 Å².